The molecule has 2 aliphatic rings. The van der Waals surface area contributed by atoms with Crippen LogP contribution in [0.5, 0.6) is 0 Å². The highest BCUT2D eigenvalue weighted by atomic mass is 35.5. The molecular formula is C26H28ClFN4O6. The fraction of sp³-hybridized carbons (Fsp3) is 0.385. The van der Waals surface area contributed by atoms with Crippen LogP contribution in [-0.2, 0) is 30.5 Å². The molecule has 2 aromatic carbocycles. The van der Waals surface area contributed by atoms with E-state index in [0.717, 1.165) is 10.5 Å². The van der Waals surface area contributed by atoms with Gasteiger partial charge >= 0.3 is 0 Å². The SMILES string of the molecule is CC(NC(=O)c1ccc(N)c(Cl)c1)C(=O)N1CC(F)CC1C(=O)NC1C(=O)COC1OCc1ccccc1. The number of anilines is 1. The lowest BCUT2D eigenvalue weighted by atomic mass is 10.1. The second-order valence-electron chi connectivity index (χ2n) is 9.20. The van der Waals surface area contributed by atoms with Gasteiger partial charge in [-0.1, -0.05) is 41.9 Å². The first kappa shape index (κ1) is 27.5. The molecule has 0 bridgehead atoms. The van der Waals surface area contributed by atoms with Crippen molar-refractivity contribution < 1.29 is 33.0 Å². The largest absolute Gasteiger partial charge is 0.398 e. The number of nitrogens with two attached hydrogens (primary N) is 1. The number of hydrogen-bond acceptors (Lipinski definition) is 7. The lowest BCUT2D eigenvalue weighted by Crippen LogP contribution is -2.55. The number of carbonyl (C=O) groups excluding carboxylic acids is 4. The molecule has 0 saturated carbocycles. The van der Waals surface area contributed by atoms with Crippen LogP contribution >= 0.6 is 11.6 Å². The Bertz CT molecular complexity index is 1220. The minimum atomic E-state index is -1.45. The maximum absolute atomic E-state index is 14.4. The molecule has 2 aliphatic heterocycles. The van der Waals surface area contributed by atoms with Gasteiger partial charge in [-0.05, 0) is 30.7 Å². The van der Waals surface area contributed by atoms with Gasteiger partial charge in [0.1, 0.15) is 30.9 Å². The van der Waals surface area contributed by atoms with Gasteiger partial charge in [0.2, 0.25) is 11.8 Å². The average Bonchev–Trinajstić information content (AvgIpc) is 3.46. The zero-order valence-electron chi connectivity index (χ0n) is 20.6. The van der Waals surface area contributed by atoms with Gasteiger partial charge in [-0.15, -0.1) is 0 Å². The average molecular weight is 547 g/mol. The Kier molecular flexibility index (Phi) is 8.60. The molecule has 4 rings (SSSR count). The molecule has 12 heteroatoms. The Morgan fingerprint density at radius 3 is 2.68 bits per heavy atom. The van der Waals surface area contributed by atoms with Gasteiger partial charge < -0.3 is 30.7 Å². The lowest BCUT2D eigenvalue weighted by molar-refractivity contribution is -0.145. The maximum atomic E-state index is 14.4. The third kappa shape index (κ3) is 6.29. The molecule has 2 fully saturated rings. The number of halogens is 2. The van der Waals surface area contributed by atoms with E-state index in [2.05, 4.69) is 10.6 Å². The standard InChI is InChI=1S/C26H28ClFN4O6/c1-14(30-23(34)16-7-8-19(29)18(27)9-16)25(36)32-11-17(28)10-20(32)24(35)31-22-21(33)13-38-26(22)37-12-15-5-3-2-4-6-15/h2-9,14,17,20,22,26H,10-13,29H2,1H3,(H,30,34)(H,31,35). The molecule has 38 heavy (non-hydrogen) atoms. The minimum Gasteiger partial charge on any atom is -0.398 e. The topological polar surface area (TPSA) is 140 Å². The van der Waals surface area contributed by atoms with E-state index in [0.29, 0.717) is 5.69 Å². The number of nitrogen functional groups attached to an aromatic ring is 1. The van der Waals surface area contributed by atoms with Crippen molar-refractivity contribution in [2.24, 2.45) is 0 Å². The Morgan fingerprint density at radius 2 is 1.97 bits per heavy atom. The van der Waals surface area contributed by atoms with Crippen LogP contribution in [0.2, 0.25) is 5.02 Å². The van der Waals surface area contributed by atoms with Crippen molar-refractivity contribution in [3.05, 3.63) is 64.7 Å². The third-order valence-electron chi connectivity index (χ3n) is 6.38. The van der Waals surface area contributed by atoms with E-state index in [4.69, 9.17) is 26.8 Å². The molecule has 202 valence electrons. The summed E-state index contributed by atoms with van der Waals surface area (Å²) < 4.78 is 25.5. The van der Waals surface area contributed by atoms with Gasteiger partial charge in [0, 0.05) is 12.0 Å². The number of alkyl halides is 1. The Balaban J connectivity index is 1.38. The first-order valence-corrected chi connectivity index (χ1v) is 12.4. The molecule has 5 unspecified atom stereocenters. The van der Waals surface area contributed by atoms with Crippen LogP contribution in [0.1, 0.15) is 29.3 Å². The number of ketones is 1. The highest BCUT2D eigenvalue weighted by molar-refractivity contribution is 6.33. The quantitative estimate of drug-likeness (QED) is 0.427. The molecular weight excluding hydrogens is 519 g/mol. The van der Waals surface area contributed by atoms with Gasteiger partial charge in [0.05, 0.1) is 23.9 Å². The number of benzene rings is 2. The first-order valence-electron chi connectivity index (χ1n) is 12.0. The number of carbonyl (C=O) groups is 4. The first-order chi connectivity index (χ1) is 18.1. The van der Waals surface area contributed by atoms with Crippen molar-refractivity contribution in [1.82, 2.24) is 15.5 Å². The van der Waals surface area contributed by atoms with Gasteiger partial charge in [0.15, 0.2) is 12.1 Å². The summed E-state index contributed by atoms with van der Waals surface area (Å²) in [6.07, 6.45) is -2.72. The molecule has 2 aromatic rings. The van der Waals surface area contributed by atoms with E-state index in [1.165, 1.54) is 25.1 Å². The van der Waals surface area contributed by atoms with E-state index in [1.54, 1.807) is 0 Å². The van der Waals surface area contributed by atoms with Gasteiger partial charge in [-0.2, -0.15) is 0 Å². The second-order valence-corrected chi connectivity index (χ2v) is 9.61. The normalized spacial score (nSPS) is 23.8. The molecule has 3 amide bonds. The molecule has 2 saturated heterocycles. The van der Waals surface area contributed by atoms with Crippen LogP contribution in [0.25, 0.3) is 0 Å². The number of hydrogen-bond donors (Lipinski definition) is 3. The monoisotopic (exact) mass is 546 g/mol. The predicted octanol–water partition coefficient (Wildman–Crippen LogP) is 1.61. The lowest BCUT2D eigenvalue weighted by Gasteiger charge is -2.28. The number of nitrogens with one attached hydrogen (secondary N) is 2. The number of likely N-dealkylation sites (tertiary alicyclic amines) is 1. The Hall–Kier alpha value is -3.54. The summed E-state index contributed by atoms with van der Waals surface area (Å²) in [5.41, 5.74) is 7.00. The summed E-state index contributed by atoms with van der Waals surface area (Å²) in [5, 5.41) is 5.29. The molecule has 0 aliphatic carbocycles. The van der Waals surface area contributed by atoms with Crippen LogP contribution in [-0.4, -0.2) is 72.1 Å². The number of amides is 3. The molecule has 2 heterocycles. The van der Waals surface area contributed by atoms with Gasteiger partial charge in [-0.25, -0.2) is 4.39 Å². The van der Waals surface area contributed by atoms with Gasteiger partial charge in [-0.3, -0.25) is 19.2 Å². The van der Waals surface area contributed by atoms with Crippen LogP contribution in [0.3, 0.4) is 0 Å². The Labute approximate surface area is 223 Å². The van der Waals surface area contributed by atoms with Gasteiger partial charge in [0.25, 0.3) is 5.91 Å². The summed E-state index contributed by atoms with van der Waals surface area (Å²) >= 11 is 5.96. The van der Waals surface area contributed by atoms with Crippen molar-refractivity contribution in [2.45, 2.75) is 50.5 Å². The van der Waals surface area contributed by atoms with Crippen molar-refractivity contribution in [2.75, 3.05) is 18.9 Å². The number of rotatable bonds is 8. The van der Waals surface area contributed by atoms with Crippen molar-refractivity contribution in [1.29, 1.82) is 0 Å². The van der Waals surface area contributed by atoms with E-state index in [9.17, 15) is 23.6 Å². The van der Waals surface area contributed by atoms with Crippen LogP contribution in [0.4, 0.5) is 10.1 Å². The number of nitrogens with zero attached hydrogens (tertiary/aromatic N) is 1. The summed E-state index contributed by atoms with van der Waals surface area (Å²) in [7, 11) is 0. The molecule has 10 nitrogen and oxygen atoms in total. The summed E-state index contributed by atoms with van der Waals surface area (Å²) in [6, 6.07) is 10.2. The van der Waals surface area contributed by atoms with Crippen molar-refractivity contribution in [3.63, 3.8) is 0 Å². The number of Topliss-reactive ketones (excluding diaryl/α,β-unsaturated/α-hetero) is 1. The number of ether oxygens (including phenoxy) is 2. The fourth-order valence-corrected chi connectivity index (χ4v) is 4.51. The Morgan fingerprint density at radius 1 is 1.24 bits per heavy atom. The van der Waals surface area contributed by atoms with Crippen molar-refractivity contribution in [3.8, 4) is 0 Å². The summed E-state index contributed by atoms with van der Waals surface area (Å²) in [6.45, 7) is 1.01. The highest BCUT2D eigenvalue weighted by Crippen LogP contribution is 2.24. The molecule has 5 atom stereocenters. The van der Waals surface area contributed by atoms with Crippen LogP contribution < -0.4 is 16.4 Å². The minimum absolute atomic E-state index is 0.155. The molecule has 0 aromatic heterocycles. The molecule has 4 N–H and O–H groups in total. The maximum Gasteiger partial charge on any atom is 0.251 e. The predicted molar refractivity (Wildman–Crippen MR) is 136 cm³/mol. The molecule has 0 spiro atoms. The highest BCUT2D eigenvalue weighted by Gasteiger charge is 2.45. The summed E-state index contributed by atoms with van der Waals surface area (Å²) in [4.78, 5) is 52.3. The molecule has 0 radical (unpaired) electrons. The zero-order valence-corrected chi connectivity index (χ0v) is 21.3. The van der Waals surface area contributed by atoms with Crippen LogP contribution in [0.15, 0.2) is 48.5 Å². The van der Waals surface area contributed by atoms with E-state index in [1.807, 2.05) is 30.3 Å². The van der Waals surface area contributed by atoms with E-state index in [-0.39, 0.29) is 36.8 Å². The second kappa shape index (κ2) is 11.9. The fourth-order valence-electron chi connectivity index (χ4n) is 4.33. The van der Waals surface area contributed by atoms with Crippen LogP contribution in [0, 0.1) is 0 Å². The summed E-state index contributed by atoms with van der Waals surface area (Å²) in [5.74, 6) is -2.34. The zero-order chi connectivity index (χ0) is 27.4. The van der Waals surface area contributed by atoms with E-state index < -0.39 is 54.1 Å². The van der Waals surface area contributed by atoms with Crippen molar-refractivity contribution >= 4 is 40.8 Å². The third-order valence-corrected chi connectivity index (χ3v) is 6.71. The smallest absolute Gasteiger partial charge is 0.251 e. The van der Waals surface area contributed by atoms with E-state index >= 15 is 0 Å².